The molecule has 0 N–H and O–H groups in total. The Bertz CT molecular complexity index is 337. The van der Waals surface area contributed by atoms with E-state index in [0.717, 1.165) is 24.8 Å². The molecule has 1 aliphatic carbocycles. The summed E-state index contributed by atoms with van der Waals surface area (Å²) in [7, 11) is 0. The second-order valence-electron chi connectivity index (χ2n) is 4.78. The third-order valence-corrected chi connectivity index (χ3v) is 3.83. The van der Waals surface area contributed by atoms with E-state index in [4.69, 9.17) is 11.6 Å². The number of rotatable bonds is 2. The maximum absolute atomic E-state index is 13.5. The van der Waals surface area contributed by atoms with Crippen molar-refractivity contribution in [2.45, 2.75) is 43.9 Å². The van der Waals surface area contributed by atoms with E-state index in [1.165, 1.54) is 19.3 Å². The first kappa shape index (κ1) is 11.9. The molecule has 0 nitrogen and oxygen atoms in total. The van der Waals surface area contributed by atoms with Crippen LogP contribution in [-0.2, 0) is 6.42 Å². The van der Waals surface area contributed by atoms with Crippen molar-refractivity contribution >= 4 is 11.6 Å². The molecular weight excluding hydrogens is 223 g/mol. The quantitative estimate of drug-likeness (QED) is 0.525. The van der Waals surface area contributed by atoms with Crippen molar-refractivity contribution in [3.05, 3.63) is 35.6 Å². The monoisotopic (exact) mass is 240 g/mol. The standard InChI is InChI=1S/C14H18ClF/c15-13-7-3-1-5-11(10-13)9-12-6-2-4-8-14(12)16/h2,4,6,8,11,13H,1,3,5,7,9-10H2. The van der Waals surface area contributed by atoms with Gasteiger partial charge in [-0.15, -0.1) is 11.6 Å². The van der Waals surface area contributed by atoms with Crippen LogP contribution in [0.5, 0.6) is 0 Å². The summed E-state index contributed by atoms with van der Waals surface area (Å²) in [4.78, 5) is 0. The molecule has 0 amide bonds. The molecule has 2 atom stereocenters. The molecule has 1 aliphatic rings. The van der Waals surface area contributed by atoms with Crippen molar-refractivity contribution in [3.63, 3.8) is 0 Å². The number of benzene rings is 1. The molecule has 1 fully saturated rings. The van der Waals surface area contributed by atoms with E-state index >= 15 is 0 Å². The first-order valence-corrected chi connectivity index (χ1v) is 6.57. The van der Waals surface area contributed by atoms with Gasteiger partial charge in [0.15, 0.2) is 0 Å². The van der Waals surface area contributed by atoms with Crippen LogP contribution in [-0.4, -0.2) is 5.38 Å². The molecule has 0 radical (unpaired) electrons. The van der Waals surface area contributed by atoms with Gasteiger partial charge >= 0.3 is 0 Å². The van der Waals surface area contributed by atoms with E-state index in [2.05, 4.69) is 0 Å². The Kier molecular flexibility index (Phi) is 4.22. The molecule has 2 rings (SSSR count). The van der Waals surface area contributed by atoms with Gasteiger partial charge in [0.2, 0.25) is 0 Å². The van der Waals surface area contributed by atoms with Crippen LogP contribution < -0.4 is 0 Å². The number of hydrogen-bond acceptors (Lipinski definition) is 0. The Morgan fingerprint density at radius 1 is 1.19 bits per heavy atom. The predicted molar refractivity (Wildman–Crippen MR) is 66.3 cm³/mol. The van der Waals surface area contributed by atoms with Crippen LogP contribution in [0.15, 0.2) is 24.3 Å². The second kappa shape index (κ2) is 5.67. The lowest BCUT2D eigenvalue weighted by molar-refractivity contribution is 0.450. The van der Waals surface area contributed by atoms with Crippen LogP contribution >= 0.6 is 11.6 Å². The van der Waals surface area contributed by atoms with Crippen LogP contribution in [0.2, 0.25) is 0 Å². The van der Waals surface area contributed by atoms with Gasteiger partial charge in [0.05, 0.1) is 0 Å². The molecule has 88 valence electrons. The smallest absolute Gasteiger partial charge is 0.126 e. The molecule has 0 saturated heterocycles. The van der Waals surface area contributed by atoms with E-state index in [9.17, 15) is 4.39 Å². The summed E-state index contributed by atoms with van der Waals surface area (Å²) in [6, 6.07) is 7.09. The molecule has 0 bridgehead atoms. The highest BCUT2D eigenvalue weighted by molar-refractivity contribution is 6.20. The highest BCUT2D eigenvalue weighted by Crippen LogP contribution is 2.29. The van der Waals surface area contributed by atoms with E-state index in [1.54, 1.807) is 12.1 Å². The minimum absolute atomic E-state index is 0.0714. The molecule has 1 saturated carbocycles. The van der Waals surface area contributed by atoms with Gasteiger partial charge in [-0.3, -0.25) is 0 Å². The molecule has 0 aliphatic heterocycles. The van der Waals surface area contributed by atoms with Crippen molar-refractivity contribution < 1.29 is 4.39 Å². The number of halogens is 2. The summed E-state index contributed by atoms with van der Waals surface area (Å²) in [5, 5.41) is 0.291. The van der Waals surface area contributed by atoms with Crippen LogP contribution in [0.25, 0.3) is 0 Å². The summed E-state index contributed by atoms with van der Waals surface area (Å²) in [6.45, 7) is 0. The van der Waals surface area contributed by atoms with Crippen LogP contribution in [0.1, 0.15) is 37.7 Å². The third kappa shape index (κ3) is 3.21. The minimum atomic E-state index is -0.0714. The van der Waals surface area contributed by atoms with Gasteiger partial charge in [-0.2, -0.15) is 0 Å². The summed E-state index contributed by atoms with van der Waals surface area (Å²) >= 11 is 6.23. The molecule has 0 spiro atoms. The van der Waals surface area contributed by atoms with Crippen molar-refractivity contribution in [2.24, 2.45) is 5.92 Å². The van der Waals surface area contributed by atoms with Crippen molar-refractivity contribution in [3.8, 4) is 0 Å². The minimum Gasteiger partial charge on any atom is -0.207 e. The molecular formula is C14H18ClF. The Labute approximate surface area is 102 Å². The highest BCUT2D eigenvalue weighted by atomic mass is 35.5. The Morgan fingerprint density at radius 3 is 2.75 bits per heavy atom. The maximum Gasteiger partial charge on any atom is 0.126 e. The average molecular weight is 241 g/mol. The summed E-state index contributed by atoms with van der Waals surface area (Å²) in [5.41, 5.74) is 0.846. The Hall–Kier alpha value is -0.560. The summed E-state index contributed by atoms with van der Waals surface area (Å²) < 4.78 is 13.5. The first-order valence-electron chi connectivity index (χ1n) is 6.13. The van der Waals surface area contributed by atoms with Crippen LogP contribution in [0.3, 0.4) is 0 Å². The summed E-state index contributed by atoms with van der Waals surface area (Å²) in [6.07, 6.45) is 6.66. The van der Waals surface area contributed by atoms with E-state index in [-0.39, 0.29) is 5.82 Å². The molecule has 16 heavy (non-hydrogen) atoms. The molecule has 2 unspecified atom stereocenters. The SMILES string of the molecule is Fc1ccccc1CC1CCCCC(Cl)C1. The molecule has 0 heterocycles. The number of hydrogen-bond donors (Lipinski definition) is 0. The van der Waals surface area contributed by atoms with Gasteiger partial charge in [-0.1, -0.05) is 37.5 Å². The fraction of sp³-hybridized carbons (Fsp3) is 0.571. The fourth-order valence-corrected chi connectivity index (χ4v) is 2.96. The Morgan fingerprint density at radius 2 is 1.94 bits per heavy atom. The van der Waals surface area contributed by atoms with Gasteiger partial charge in [0, 0.05) is 5.38 Å². The topological polar surface area (TPSA) is 0 Å². The predicted octanol–water partition coefficient (Wildman–Crippen LogP) is 4.56. The van der Waals surface area contributed by atoms with Crippen molar-refractivity contribution in [2.75, 3.05) is 0 Å². The molecule has 1 aromatic carbocycles. The van der Waals surface area contributed by atoms with Gasteiger partial charge in [0.1, 0.15) is 5.82 Å². The van der Waals surface area contributed by atoms with Gasteiger partial charge in [0.25, 0.3) is 0 Å². The molecule has 1 aromatic rings. The third-order valence-electron chi connectivity index (χ3n) is 3.44. The first-order chi connectivity index (χ1) is 7.75. The normalized spacial score (nSPS) is 26.4. The van der Waals surface area contributed by atoms with E-state index in [1.807, 2.05) is 12.1 Å². The second-order valence-corrected chi connectivity index (χ2v) is 5.40. The molecule has 0 aromatic heterocycles. The zero-order valence-corrected chi connectivity index (χ0v) is 10.2. The van der Waals surface area contributed by atoms with E-state index < -0.39 is 0 Å². The van der Waals surface area contributed by atoms with Gasteiger partial charge in [-0.25, -0.2) is 4.39 Å². The lowest BCUT2D eigenvalue weighted by Crippen LogP contribution is -2.09. The zero-order valence-electron chi connectivity index (χ0n) is 9.46. The van der Waals surface area contributed by atoms with Crippen molar-refractivity contribution in [1.82, 2.24) is 0 Å². The lowest BCUT2D eigenvalue weighted by Gasteiger charge is -2.16. The van der Waals surface area contributed by atoms with Crippen molar-refractivity contribution in [1.29, 1.82) is 0 Å². The lowest BCUT2D eigenvalue weighted by atomic mass is 9.92. The van der Waals surface area contributed by atoms with Crippen LogP contribution in [0, 0.1) is 11.7 Å². The average Bonchev–Trinajstić information content (AvgIpc) is 2.46. The number of alkyl halides is 1. The largest absolute Gasteiger partial charge is 0.207 e. The highest BCUT2D eigenvalue weighted by Gasteiger charge is 2.19. The maximum atomic E-state index is 13.5. The molecule has 2 heteroatoms. The Balaban J connectivity index is 2.00. The summed E-state index contributed by atoms with van der Waals surface area (Å²) in [5.74, 6) is 0.486. The zero-order chi connectivity index (χ0) is 11.4. The van der Waals surface area contributed by atoms with Gasteiger partial charge in [-0.05, 0) is 36.8 Å². The van der Waals surface area contributed by atoms with Gasteiger partial charge < -0.3 is 0 Å². The van der Waals surface area contributed by atoms with Crippen LogP contribution in [0.4, 0.5) is 4.39 Å². The fourth-order valence-electron chi connectivity index (χ4n) is 2.56. The van der Waals surface area contributed by atoms with E-state index in [0.29, 0.717) is 11.3 Å².